The number of carbonyl (C=O) groups excluding carboxylic acids is 1. The summed E-state index contributed by atoms with van der Waals surface area (Å²) in [7, 11) is 0. The van der Waals surface area contributed by atoms with Crippen LogP contribution < -0.4 is 4.74 Å². The van der Waals surface area contributed by atoms with Gasteiger partial charge in [-0.25, -0.2) is 4.79 Å². The first kappa shape index (κ1) is 12.8. The summed E-state index contributed by atoms with van der Waals surface area (Å²) < 4.78 is 12.8. The molecule has 0 N–H and O–H groups in total. The molecule has 0 spiro atoms. The number of ether oxygens (including phenoxy) is 2. The zero-order chi connectivity index (χ0) is 14.1. The predicted octanol–water partition coefficient (Wildman–Crippen LogP) is 2.65. The summed E-state index contributed by atoms with van der Waals surface area (Å²) in [5, 5.41) is 0. The minimum Gasteiger partial charge on any atom is -0.478 e. The molecular weight excluding hydrogens is 254 g/mol. The molecular formula is C16H17NO3. The Morgan fingerprint density at radius 2 is 2.30 bits per heavy atom. The standard InChI is InChI=1S/C16H17NO3/c1-3-19-16(18)15-10-12-9-13(6-7-14(12)20-15)17-8-4-5-11(17)2/h4-9,15H,3,10H2,1-2H3. The number of carbonyl (C=O) groups is 1. The predicted molar refractivity (Wildman–Crippen MR) is 75.3 cm³/mol. The van der Waals surface area contributed by atoms with Gasteiger partial charge in [-0.3, -0.25) is 0 Å². The quantitative estimate of drug-likeness (QED) is 0.806. The molecule has 2 aromatic rings. The van der Waals surface area contributed by atoms with Crippen molar-refractivity contribution in [2.75, 3.05) is 6.61 Å². The van der Waals surface area contributed by atoms with Gasteiger partial charge < -0.3 is 14.0 Å². The van der Waals surface area contributed by atoms with Gasteiger partial charge in [-0.05, 0) is 44.2 Å². The Kier molecular flexibility index (Phi) is 3.22. The van der Waals surface area contributed by atoms with E-state index in [0.717, 1.165) is 17.0 Å². The molecule has 1 aliphatic rings. The van der Waals surface area contributed by atoms with E-state index in [2.05, 4.69) is 23.6 Å². The van der Waals surface area contributed by atoms with Crippen molar-refractivity contribution in [1.82, 2.24) is 4.57 Å². The smallest absolute Gasteiger partial charge is 0.347 e. The van der Waals surface area contributed by atoms with Gasteiger partial charge in [0.05, 0.1) is 6.61 Å². The molecule has 3 rings (SSSR count). The fraction of sp³-hybridized carbons (Fsp3) is 0.312. The van der Waals surface area contributed by atoms with Crippen LogP contribution in [-0.4, -0.2) is 23.2 Å². The van der Waals surface area contributed by atoms with Crippen LogP contribution in [0.3, 0.4) is 0 Å². The highest BCUT2D eigenvalue weighted by molar-refractivity contribution is 5.77. The summed E-state index contributed by atoms with van der Waals surface area (Å²) in [6.45, 7) is 4.24. The molecule has 0 bridgehead atoms. The number of rotatable bonds is 3. The van der Waals surface area contributed by atoms with Crippen LogP contribution in [0, 0.1) is 6.92 Å². The van der Waals surface area contributed by atoms with E-state index in [4.69, 9.17) is 9.47 Å². The summed E-state index contributed by atoms with van der Waals surface area (Å²) >= 11 is 0. The molecule has 4 heteroatoms. The second-order valence-corrected chi connectivity index (χ2v) is 4.87. The maximum atomic E-state index is 11.7. The molecule has 2 heterocycles. The second kappa shape index (κ2) is 5.04. The summed E-state index contributed by atoms with van der Waals surface area (Å²) in [6, 6.07) is 10.1. The largest absolute Gasteiger partial charge is 0.478 e. The summed E-state index contributed by atoms with van der Waals surface area (Å²) in [6.07, 6.45) is 2.09. The zero-order valence-electron chi connectivity index (χ0n) is 11.6. The first-order valence-corrected chi connectivity index (χ1v) is 6.79. The molecule has 0 amide bonds. The monoisotopic (exact) mass is 271 g/mol. The van der Waals surface area contributed by atoms with Crippen LogP contribution >= 0.6 is 0 Å². The number of hydrogen-bond acceptors (Lipinski definition) is 3. The number of benzene rings is 1. The Hall–Kier alpha value is -2.23. The third-order valence-electron chi connectivity index (χ3n) is 3.50. The first-order valence-electron chi connectivity index (χ1n) is 6.79. The second-order valence-electron chi connectivity index (χ2n) is 4.87. The molecule has 104 valence electrons. The minimum atomic E-state index is -0.508. The lowest BCUT2D eigenvalue weighted by Crippen LogP contribution is -2.27. The van der Waals surface area contributed by atoms with E-state index in [-0.39, 0.29) is 5.97 Å². The molecule has 0 radical (unpaired) electrons. The molecule has 0 saturated carbocycles. The third kappa shape index (κ3) is 2.18. The van der Waals surface area contributed by atoms with Gasteiger partial charge in [0.2, 0.25) is 0 Å². The minimum absolute atomic E-state index is 0.289. The maximum Gasteiger partial charge on any atom is 0.347 e. The van der Waals surface area contributed by atoms with E-state index in [9.17, 15) is 4.79 Å². The average Bonchev–Trinajstić information content (AvgIpc) is 3.03. The van der Waals surface area contributed by atoms with Crippen LogP contribution in [0.5, 0.6) is 5.75 Å². The lowest BCUT2D eigenvalue weighted by Gasteiger charge is -2.09. The van der Waals surface area contributed by atoms with Crippen LogP contribution in [0.25, 0.3) is 5.69 Å². The maximum absolute atomic E-state index is 11.7. The van der Waals surface area contributed by atoms with Crippen molar-refractivity contribution in [2.24, 2.45) is 0 Å². The van der Waals surface area contributed by atoms with Gasteiger partial charge >= 0.3 is 5.97 Å². The normalized spacial score (nSPS) is 16.6. The van der Waals surface area contributed by atoms with Crippen molar-refractivity contribution in [3.8, 4) is 11.4 Å². The van der Waals surface area contributed by atoms with Gasteiger partial charge in [-0.2, -0.15) is 0 Å². The van der Waals surface area contributed by atoms with Crippen molar-refractivity contribution < 1.29 is 14.3 Å². The number of aromatic nitrogens is 1. The van der Waals surface area contributed by atoms with Crippen molar-refractivity contribution in [3.63, 3.8) is 0 Å². The molecule has 1 atom stereocenters. The van der Waals surface area contributed by atoms with Crippen LogP contribution in [0.2, 0.25) is 0 Å². The van der Waals surface area contributed by atoms with Gasteiger partial charge in [0.15, 0.2) is 6.10 Å². The third-order valence-corrected chi connectivity index (χ3v) is 3.50. The topological polar surface area (TPSA) is 40.5 Å². The number of aryl methyl sites for hydroxylation is 1. The highest BCUT2D eigenvalue weighted by Crippen LogP contribution is 2.31. The molecule has 1 aromatic heterocycles. The molecule has 0 aliphatic carbocycles. The van der Waals surface area contributed by atoms with E-state index in [1.165, 1.54) is 5.69 Å². The van der Waals surface area contributed by atoms with Crippen molar-refractivity contribution in [2.45, 2.75) is 26.4 Å². The van der Waals surface area contributed by atoms with Gasteiger partial charge in [0.25, 0.3) is 0 Å². The Labute approximate surface area is 117 Å². The van der Waals surface area contributed by atoms with Gasteiger partial charge in [0.1, 0.15) is 5.75 Å². The number of hydrogen-bond donors (Lipinski definition) is 0. The van der Waals surface area contributed by atoms with E-state index in [0.29, 0.717) is 13.0 Å². The van der Waals surface area contributed by atoms with Crippen molar-refractivity contribution >= 4 is 5.97 Å². The summed E-state index contributed by atoms with van der Waals surface area (Å²) in [5.74, 6) is 0.485. The summed E-state index contributed by atoms with van der Waals surface area (Å²) in [4.78, 5) is 11.7. The molecule has 0 saturated heterocycles. The van der Waals surface area contributed by atoms with Crippen LogP contribution in [0.15, 0.2) is 36.5 Å². The van der Waals surface area contributed by atoms with Crippen LogP contribution in [0.1, 0.15) is 18.2 Å². The SMILES string of the molecule is CCOC(=O)C1Cc2cc(-n3cccc3C)ccc2O1. The fourth-order valence-corrected chi connectivity index (χ4v) is 2.51. The average molecular weight is 271 g/mol. The number of fused-ring (bicyclic) bond motifs is 1. The van der Waals surface area contributed by atoms with Crippen molar-refractivity contribution in [1.29, 1.82) is 0 Å². The molecule has 1 unspecified atom stereocenters. The molecule has 20 heavy (non-hydrogen) atoms. The van der Waals surface area contributed by atoms with Crippen LogP contribution in [0.4, 0.5) is 0 Å². The zero-order valence-corrected chi connectivity index (χ0v) is 11.6. The molecule has 4 nitrogen and oxygen atoms in total. The van der Waals surface area contributed by atoms with E-state index < -0.39 is 6.10 Å². The lowest BCUT2D eigenvalue weighted by atomic mass is 10.1. The van der Waals surface area contributed by atoms with Gasteiger partial charge in [0, 0.05) is 29.6 Å². The number of nitrogens with zero attached hydrogens (tertiary/aromatic N) is 1. The molecule has 1 aliphatic heterocycles. The highest BCUT2D eigenvalue weighted by Gasteiger charge is 2.30. The van der Waals surface area contributed by atoms with Gasteiger partial charge in [-0.15, -0.1) is 0 Å². The summed E-state index contributed by atoms with van der Waals surface area (Å²) in [5.41, 5.74) is 3.30. The van der Waals surface area contributed by atoms with Gasteiger partial charge in [-0.1, -0.05) is 0 Å². The van der Waals surface area contributed by atoms with Crippen LogP contribution in [-0.2, 0) is 16.0 Å². The Bertz CT molecular complexity index is 645. The van der Waals surface area contributed by atoms with E-state index >= 15 is 0 Å². The Balaban J connectivity index is 1.85. The van der Waals surface area contributed by atoms with Crippen molar-refractivity contribution in [3.05, 3.63) is 47.8 Å². The molecule has 1 aromatic carbocycles. The number of esters is 1. The Morgan fingerprint density at radius 3 is 3.00 bits per heavy atom. The van der Waals surface area contributed by atoms with E-state index in [1.54, 1.807) is 6.92 Å². The Morgan fingerprint density at radius 1 is 1.45 bits per heavy atom. The highest BCUT2D eigenvalue weighted by atomic mass is 16.6. The molecule has 0 fully saturated rings. The fourth-order valence-electron chi connectivity index (χ4n) is 2.51. The lowest BCUT2D eigenvalue weighted by molar-refractivity contribution is -0.150. The van der Waals surface area contributed by atoms with E-state index in [1.807, 2.05) is 24.4 Å². The first-order chi connectivity index (χ1) is 9.69.